The van der Waals surface area contributed by atoms with E-state index in [1.54, 1.807) is 0 Å². The molecular weight excluding hydrogens is 198 g/mol. The molecule has 0 saturated carbocycles. The molecule has 14 heavy (non-hydrogen) atoms. The molecule has 0 aromatic carbocycles. The third-order valence-electron chi connectivity index (χ3n) is 2.05. The molecule has 0 spiro atoms. The summed E-state index contributed by atoms with van der Waals surface area (Å²) < 4.78 is 2.33. The molecule has 0 unspecified atom stereocenters. The Labute approximate surface area is 85.2 Å². The molecule has 5 heteroatoms. The first-order valence-electron chi connectivity index (χ1n) is 4.18. The number of rotatable bonds is 0. The van der Waals surface area contributed by atoms with Crippen LogP contribution in [0.25, 0.3) is 5.78 Å². The third-order valence-corrected chi connectivity index (χ3v) is 2.46. The summed E-state index contributed by atoms with van der Waals surface area (Å²) in [5, 5.41) is 0. The Morgan fingerprint density at radius 1 is 1.50 bits per heavy atom. The van der Waals surface area contributed by atoms with Crippen LogP contribution in [0.2, 0.25) is 0 Å². The smallest absolute Gasteiger partial charge is 0.252 e. The predicted molar refractivity (Wildman–Crippen MR) is 56.1 cm³/mol. The minimum Gasteiger partial charge on any atom is -0.292 e. The van der Waals surface area contributed by atoms with E-state index in [2.05, 4.69) is 9.97 Å². The lowest BCUT2D eigenvalue weighted by Crippen LogP contribution is -2.12. The van der Waals surface area contributed by atoms with Crippen LogP contribution < -0.4 is 5.56 Å². The van der Waals surface area contributed by atoms with Crippen LogP contribution in [0.15, 0.2) is 17.1 Å². The summed E-state index contributed by atoms with van der Waals surface area (Å²) in [6, 6.07) is 1.52. The molecule has 0 aliphatic carbocycles. The van der Waals surface area contributed by atoms with Crippen LogP contribution in [-0.2, 0) is 0 Å². The summed E-state index contributed by atoms with van der Waals surface area (Å²) in [6.45, 7) is 3.75. The first-order chi connectivity index (χ1) is 6.58. The molecule has 0 aliphatic rings. The van der Waals surface area contributed by atoms with E-state index in [1.807, 2.05) is 24.4 Å². The summed E-state index contributed by atoms with van der Waals surface area (Å²) >= 11 is 5.02. The molecular formula is C9H9N3OS. The quantitative estimate of drug-likeness (QED) is 0.664. The molecule has 2 heterocycles. The molecule has 0 aliphatic heterocycles. The number of aryl methyl sites for hydroxylation is 2. The van der Waals surface area contributed by atoms with Crippen molar-refractivity contribution in [3.05, 3.63) is 38.5 Å². The molecule has 0 radical (unpaired) electrons. The van der Waals surface area contributed by atoms with Crippen molar-refractivity contribution in [3.63, 3.8) is 0 Å². The maximum atomic E-state index is 11.2. The molecule has 4 nitrogen and oxygen atoms in total. The van der Waals surface area contributed by atoms with Gasteiger partial charge in [-0.25, -0.2) is 4.98 Å². The molecule has 0 bridgehead atoms. The van der Waals surface area contributed by atoms with Gasteiger partial charge in [-0.1, -0.05) is 12.2 Å². The summed E-state index contributed by atoms with van der Waals surface area (Å²) in [6.07, 6.45) is 1.87. The first-order valence-corrected chi connectivity index (χ1v) is 4.59. The van der Waals surface area contributed by atoms with Crippen molar-refractivity contribution in [1.82, 2.24) is 14.4 Å². The maximum Gasteiger partial charge on any atom is 0.252 e. The molecule has 0 atom stereocenters. The van der Waals surface area contributed by atoms with Crippen LogP contribution in [0.4, 0.5) is 0 Å². The van der Waals surface area contributed by atoms with Crippen molar-refractivity contribution < 1.29 is 0 Å². The van der Waals surface area contributed by atoms with Crippen LogP contribution in [0.3, 0.4) is 0 Å². The lowest BCUT2D eigenvalue weighted by Gasteiger charge is -2.04. The fraction of sp³-hybridized carbons (Fsp3) is 0.222. The zero-order chi connectivity index (χ0) is 10.3. The van der Waals surface area contributed by atoms with Gasteiger partial charge in [0.1, 0.15) is 4.64 Å². The molecule has 0 saturated heterocycles. The highest BCUT2D eigenvalue weighted by molar-refractivity contribution is 7.71. The highest BCUT2D eigenvalue weighted by Gasteiger charge is 2.00. The number of H-pyrrole nitrogens is 1. The number of nitrogens with one attached hydrogen (secondary N) is 1. The second kappa shape index (κ2) is 3.02. The van der Waals surface area contributed by atoms with Gasteiger partial charge in [0.25, 0.3) is 5.56 Å². The van der Waals surface area contributed by atoms with E-state index in [0.29, 0.717) is 10.4 Å². The van der Waals surface area contributed by atoms with Gasteiger partial charge in [-0.15, -0.1) is 0 Å². The van der Waals surface area contributed by atoms with Crippen LogP contribution in [0, 0.1) is 18.5 Å². The highest BCUT2D eigenvalue weighted by Crippen LogP contribution is 2.03. The van der Waals surface area contributed by atoms with Gasteiger partial charge in [-0.2, -0.15) is 0 Å². The van der Waals surface area contributed by atoms with E-state index in [0.717, 1.165) is 11.3 Å². The number of nitrogens with zero attached hydrogens (tertiary/aromatic N) is 2. The standard InChI is InChI=1S/C9H9N3OS/c1-5-4-12-6(2)3-7(13)10-9(12)11-8(5)14/h3-4H,1-2H3,(H,10,11,13,14). The molecule has 2 aromatic heterocycles. The molecule has 2 rings (SSSR count). The van der Waals surface area contributed by atoms with E-state index in [-0.39, 0.29) is 5.56 Å². The minimum absolute atomic E-state index is 0.159. The number of fused-ring (bicyclic) bond motifs is 1. The van der Waals surface area contributed by atoms with Gasteiger partial charge in [-0.05, 0) is 13.8 Å². The van der Waals surface area contributed by atoms with Gasteiger partial charge in [-0.3, -0.25) is 14.2 Å². The summed E-state index contributed by atoms with van der Waals surface area (Å²) in [7, 11) is 0. The third kappa shape index (κ3) is 1.35. The Morgan fingerprint density at radius 2 is 2.21 bits per heavy atom. The zero-order valence-corrected chi connectivity index (χ0v) is 8.68. The van der Waals surface area contributed by atoms with Crippen molar-refractivity contribution >= 4 is 18.0 Å². The topological polar surface area (TPSA) is 50.2 Å². The molecule has 72 valence electrons. The van der Waals surface area contributed by atoms with Gasteiger partial charge in [0, 0.05) is 23.5 Å². The summed E-state index contributed by atoms with van der Waals surface area (Å²) in [5.41, 5.74) is 1.61. The Balaban J connectivity index is 3.03. The lowest BCUT2D eigenvalue weighted by molar-refractivity contribution is 0.952. The van der Waals surface area contributed by atoms with E-state index in [4.69, 9.17) is 12.2 Å². The second-order valence-corrected chi connectivity index (χ2v) is 3.58. The fourth-order valence-electron chi connectivity index (χ4n) is 1.31. The van der Waals surface area contributed by atoms with Crippen LogP contribution >= 0.6 is 12.2 Å². The highest BCUT2D eigenvalue weighted by atomic mass is 32.1. The fourth-order valence-corrected chi connectivity index (χ4v) is 1.45. The molecule has 2 aromatic rings. The number of aromatic amines is 1. The largest absolute Gasteiger partial charge is 0.292 e. The SMILES string of the molecule is Cc1cn2c(C)cc(=O)[nH]c2nc1=S. The van der Waals surface area contributed by atoms with E-state index in [1.165, 1.54) is 6.07 Å². The predicted octanol–water partition coefficient (Wildman–Crippen LogP) is 1.37. The van der Waals surface area contributed by atoms with E-state index >= 15 is 0 Å². The second-order valence-electron chi connectivity index (χ2n) is 3.20. The van der Waals surface area contributed by atoms with Crippen molar-refractivity contribution in [1.29, 1.82) is 0 Å². The first kappa shape index (κ1) is 9.08. The number of hydrogen-bond donors (Lipinski definition) is 1. The van der Waals surface area contributed by atoms with Gasteiger partial charge in [0.15, 0.2) is 0 Å². The Morgan fingerprint density at radius 3 is 2.93 bits per heavy atom. The van der Waals surface area contributed by atoms with Crippen molar-refractivity contribution in [2.45, 2.75) is 13.8 Å². The lowest BCUT2D eigenvalue weighted by atomic mass is 10.4. The Kier molecular flexibility index (Phi) is 1.96. The van der Waals surface area contributed by atoms with Gasteiger partial charge >= 0.3 is 0 Å². The summed E-state index contributed by atoms with van der Waals surface area (Å²) in [5.74, 6) is 0.491. The van der Waals surface area contributed by atoms with Gasteiger partial charge in [0.2, 0.25) is 5.78 Å². The van der Waals surface area contributed by atoms with Crippen LogP contribution in [0.5, 0.6) is 0 Å². The minimum atomic E-state index is -0.159. The van der Waals surface area contributed by atoms with Crippen molar-refractivity contribution in [2.75, 3.05) is 0 Å². The average molecular weight is 207 g/mol. The van der Waals surface area contributed by atoms with E-state index < -0.39 is 0 Å². The Hall–Kier alpha value is -1.49. The summed E-state index contributed by atoms with van der Waals surface area (Å²) in [4.78, 5) is 17.9. The van der Waals surface area contributed by atoms with Gasteiger partial charge in [0.05, 0.1) is 0 Å². The van der Waals surface area contributed by atoms with Gasteiger partial charge < -0.3 is 0 Å². The normalized spacial score (nSPS) is 10.7. The van der Waals surface area contributed by atoms with Crippen molar-refractivity contribution in [3.8, 4) is 0 Å². The molecule has 0 fully saturated rings. The number of hydrogen-bond acceptors (Lipinski definition) is 3. The maximum absolute atomic E-state index is 11.2. The molecule has 1 N–H and O–H groups in total. The van der Waals surface area contributed by atoms with Crippen LogP contribution in [-0.4, -0.2) is 14.4 Å². The van der Waals surface area contributed by atoms with Crippen LogP contribution in [0.1, 0.15) is 11.3 Å². The molecule has 0 amide bonds. The van der Waals surface area contributed by atoms with Crippen molar-refractivity contribution in [2.24, 2.45) is 0 Å². The number of aromatic nitrogens is 3. The Bertz CT molecular complexity index is 611. The zero-order valence-electron chi connectivity index (χ0n) is 7.87. The monoisotopic (exact) mass is 207 g/mol. The van der Waals surface area contributed by atoms with E-state index in [9.17, 15) is 4.79 Å². The average Bonchev–Trinajstić information content (AvgIpc) is 2.08.